The van der Waals surface area contributed by atoms with Crippen LogP contribution >= 0.6 is 11.8 Å². The van der Waals surface area contributed by atoms with E-state index in [4.69, 9.17) is 4.74 Å². The fourth-order valence-corrected chi connectivity index (χ4v) is 6.19. The van der Waals surface area contributed by atoms with Gasteiger partial charge in [0.2, 0.25) is 5.91 Å². The van der Waals surface area contributed by atoms with Crippen molar-refractivity contribution in [3.8, 4) is 5.75 Å². The summed E-state index contributed by atoms with van der Waals surface area (Å²) in [5.41, 5.74) is 1.20. The second kappa shape index (κ2) is 8.64. The number of rotatable bonds is 7. The van der Waals surface area contributed by atoms with Crippen LogP contribution in [0.4, 0.5) is 4.79 Å². The van der Waals surface area contributed by atoms with Gasteiger partial charge in [-0.05, 0) is 43.4 Å². The minimum Gasteiger partial charge on any atom is -0.497 e. The Balaban J connectivity index is 1.23. The number of nitrogens with one attached hydrogen (secondary N) is 2. The molecule has 0 saturated carbocycles. The van der Waals surface area contributed by atoms with Gasteiger partial charge in [-0.1, -0.05) is 18.6 Å². The lowest BCUT2D eigenvalue weighted by Crippen LogP contribution is -2.36. The molecule has 0 aliphatic carbocycles. The van der Waals surface area contributed by atoms with Crippen LogP contribution in [0.5, 0.6) is 5.75 Å². The van der Waals surface area contributed by atoms with Crippen molar-refractivity contribution >= 4 is 23.7 Å². The number of unbranched alkanes of at least 4 members (excludes halogenated alkanes) is 1. The number of ether oxygens (including phenoxy) is 1. The van der Waals surface area contributed by atoms with Crippen molar-refractivity contribution in [2.75, 3.05) is 19.4 Å². The lowest BCUT2D eigenvalue weighted by Gasteiger charge is -2.25. The van der Waals surface area contributed by atoms with E-state index < -0.39 is 0 Å². The first-order valence-electron chi connectivity index (χ1n) is 10.3. The molecule has 3 amide bonds. The average Bonchev–Trinajstić information content (AvgIpc) is 3.41. The molecule has 28 heavy (non-hydrogen) atoms. The van der Waals surface area contributed by atoms with E-state index in [0.29, 0.717) is 11.7 Å². The first-order chi connectivity index (χ1) is 13.7. The molecule has 3 aliphatic rings. The van der Waals surface area contributed by atoms with E-state index in [9.17, 15) is 9.59 Å². The van der Waals surface area contributed by atoms with E-state index in [0.717, 1.165) is 50.2 Å². The van der Waals surface area contributed by atoms with Crippen LogP contribution in [-0.4, -0.2) is 53.6 Å². The zero-order valence-electron chi connectivity index (χ0n) is 16.4. The van der Waals surface area contributed by atoms with Crippen LogP contribution in [0.1, 0.15) is 50.1 Å². The standard InChI is InChI=1S/C21H29N3O3S/c1-27-15-10-8-14(9-11-15)17-5-4-12-24(17)19(25)7-3-2-6-18-20-16(13-28-18)22-21(26)23-20/h8-11,16-18,20H,2-7,12-13H2,1H3,(H2,22,23,26)/t16-,17-,18-,20-/m0/s1. The first-order valence-corrected chi connectivity index (χ1v) is 11.3. The summed E-state index contributed by atoms with van der Waals surface area (Å²) in [6.07, 6.45) is 5.72. The van der Waals surface area contributed by atoms with E-state index in [2.05, 4.69) is 27.7 Å². The molecule has 0 unspecified atom stereocenters. The van der Waals surface area contributed by atoms with Crippen LogP contribution in [-0.2, 0) is 4.79 Å². The molecule has 1 aromatic rings. The number of carbonyl (C=O) groups excluding carboxylic acids is 2. The number of amides is 3. The third-order valence-electron chi connectivity index (χ3n) is 6.14. The predicted molar refractivity (Wildman–Crippen MR) is 111 cm³/mol. The Morgan fingerprint density at radius 1 is 1.25 bits per heavy atom. The molecule has 3 aliphatic heterocycles. The lowest BCUT2D eigenvalue weighted by molar-refractivity contribution is -0.132. The number of hydrogen-bond acceptors (Lipinski definition) is 4. The molecular weight excluding hydrogens is 374 g/mol. The molecule has 3 heterocycles. The molecule has 3 saturated heterocycles. The summed E-state index contributed by atoms with van der Waals surface area (Å²) < 4.78 is 5.24. The smallest absolute Gasteiger partial charge is 0.315 e. The number of likely N-dealkylation sites (tertiary alicyclic amines) is 1. The van der Waals surface area contributed by atoms with Crippen molar-refractivity contribution in [1.29, 1.82) is 0 Å². The van der Waals surface area contributed by atoms with Crippen molar-refractivity contribution in [1.82, 2.24) is 15.5 Å². The van der Waals surface area contributed by atoms with E-state index in [1.807, 2.05) is 23.9 Å². The second-order valence-electron chi connectivity index (χ2n) is 7.89. The maximum absolute atomic E-state index is 12.8. The van der Waals surface area contributed by atoms with Gasteiger partial charge in [0.25, 0.3) is 0 Å². The quantitative estimate of drug-likeness (QED) is 0.542. The third-order valence-corrected chi connectivity index (χ3v) is 7.65. The molecular formula is C21H29N3O3S. The van der Waals surface area contributed by atoms with Gasteiger partial charge in [0.05, 0.1) is 25.2 Å². The molecule has 0 aromatic heterocycles. The zero-order chi connectivity index (χ0) is 19.5. The van der Waals surface area contributed by atoms with Gasteiger partial charge in [-0.25, -0.2) is 4.79 Å². The molecule has 152 valence electrons. The van der Waals surface area contributed by atoms with Gasteiger partial charge in [-0.2, -0.15) is 11.8 Å². The number of methoxy groups -OCH3 is 1. The Hall–Kier alpha value is -1.89. The minimum absolute atomic E-state index is 0.0333. The summed E-state index contributed by atoms with van der Waals surface area (Å²) in [7, 11) is 1.67. The number of urea groups is 1. The van der Waals surface area contributed by atoms with Crippen LogP contribution in [0.25, 0.3) is 0 Å². The summed E-state index contributed by atoms with van der Waals surface area (Å²) in [6, 6.07) is 8.79. The van der Waals surface area contributed by atoms with Crippen LogP contribution in [0.2, 0.25) is 0 Å². The highest BCUT2D eigenvalue weighted by molar-refractivity contribution is 8.00. The third kappa shape index (κ3) is 4.09. The Kier molecular flexibility index (Phi) is 5.99. The summed E-state index contributed by atoms with van der Waals surface area (Å²) in [5, 5.41) is 6.49. The maximum atomic E-state index is 12.8. The fourth-order valence-electron chi connectivity index (χ4n) is 4.65. The number of nitrogens with zero attached hydrogens (tertiary/aromatic N) is 1. The fraction of sp³-hybridized carbons (Fsp3) is 0.619. The van der Waals surface area contributed by atoms with E-state index in [1.165, 1.54) is 5.56 Å². The number of benzene rings is 1. The summed E-state index contributed by atoms with van der Waals surface area (Å²) in [4.78, 5) is 26.3. The zero-order valence-corrected chi connectivity index (χ0v) is 17.2. The van der Waals surface area contributed by atoms with Gasteiger partial charge < -0.3 is 20.3 Å². The molecule has 0 bridgehead atoms. The van der Waals surface area contributed by atoms with Crippen molar-refractivity contribution < 1.29 is 14.3 Å². The molecule has 3 fully saturated rings. The van der Waals surface area contributed by atoms with Crippen molar-refractivity contribution in [3.63, 3.8) is 0 Å². The van der Waals surface area contributed by atoms with Crippen molar-refractivity contribution in [3.05, 3.63) is 29.8 Å². The number of hydrogen-bond donors (Lipinski definition) is 2. The Labute approximate surface area is 170 Å². The van der Waals surface area contributed by atoms with Gasteiger partial charge in [0.15, 0.2) is 0 Å². The lowest BCUT2D eigenvalue weighted by atomic mass is 10.0. The van der Waals surface area contributed by atoms with Gasteiger partial charge in [-0.15, -0.1) is 0 Å². The van der Waals surface area contributed by atoms with Crippen LogP contribution < -0.4 is 15.4 Å². The van der Waals surface area contributed by atoms with Crippen molar-refractivity contribution in [2.45, 2.75) is 61.9 Å². The highest BCUT2D eigenvalue weighted by atomic mass is 32.2. The molecule has 1 aromatic carbocycles. The van der Waals surface area contributed by atoms with Gasteiger partial charge in [0, 0.05) is 24.0 Å². The molecule has 2 N–H and O–H groups in total. The molecule has 0 radical (unpaired) electrons. The Bertz CT molecular complexity index is 711. The maximum Gasteiger partial charge on any atom is 0.315 e. The van der Waals surface area contributed by atoms with Gasteiger partial charge >= 0.3 is 6.03 Å². The first kappa shape index (κ1) is 19.4. The second-order valence-corrected chi connectivity index (χ2v) is 9.16. The summed E-state index contributed by atoms with van der Waals surface area (Å²) in [6.45, 7) is 0.857. The minimum atomic E-state index is -0.0333. The summed E-state index contributed by atoms with van der Waals surface area (Å²) in [5.74, 6) is 2.11. The van der Waals surface area contributed by atoms with Crippen LogP contribution in [0.3, 0.4) is 0 Å². The number of thioether (sulfide) groups is 1. The molecule has 4 rings (SSSR count). The predicted octanol–water partition coefficient (Wildman–Crippen LogP) is 3.08. The van der Waals surface area contributed by atoms with Crippen LogP contribution in [0, 0.1) is 0 Å². The summed E-state index contributed by atoms with van der Waals surface area (Å²) >= 11 is 1.94. The average molecular weight is 404 g/mol. The highest BCUT2D eigenvalue weighted by Crippen LogP contribution is 2.35. The van der Waals surface area contributed by atoms with E-state index in [1.54, 1.807) is 7.11 Å². The molecule has 4 atom stereocenters. The number of carbonyl (C=O) groups is 2. The molecule has 6 nitrogen and oxygen atoms in total. The van der Waals surface area contributed by atoms with Crippen molar-refractivity contribution in [2.24, 2.45) is 0 Å². The monoisotopic (exact) mass is 403 g/mol. The van der Waals surface area contributed by atoms with Gasteiger partial charge in [-0.3, -0.25) is 4.79 Å². The number of fused-ring (bicyclic) bond motifs is 1. The Morgan fingerprint density at radius 3 is 2.86 bits per heavy atom. The topological polar surface area (TPSA) is 70.7 Å². The molecule has 0 spiro atoms. The molecule has 7 heteroatoms. The van der Waals surface area contributed by atoms with E-state index >= 15 is 0 Å². The van der Waals surface area contributed by atoms with Crippen LogP contribution in [0.15, 0.2) is 24.3 Å². The highest BCUT2D eigenvalue weighted by Gasteiger charge is 2.42. The van der Waals surface area contributed by atoms with E-state index in [-0.39, 0.29) is 30.1 Å². The normalized spacial score (nSPS) is 28.8. The SMILES string of the molecule is COc1ccc([C@@H]2CCCN2C(=O)CCCC[C@@H]2SC[C@@H]3NC(=O)N[C@@H]32)cc1. The largest absolute Gasteiger partial charge is 0.497 e. The van der Waals surface area contributed by atoms with Gasteiger partial charge in [0.1, 0.15) is 5.75 Å². The Morgan fingerprint density at radius 2 is 2.07 bits per heavy atom.